The van der Waals surface area contributed by atoms with E-state index in [-0.39, 0.29) is 61.0 Å². The van der Waals surface area contributed by atoms with E-state index in [2.05, 4.69) is 48.4 Å². The molecule has 2 aromatic heterocycles. The summed E-state index contributed by atoms with van der Waals surface area (Å²) < 4.78 is 5.76. The van der Waals surface area contributed by atoms with Crippen molar-refractivity contribution >= 4 is 58.4 Å². The number of aryl methyl sites for hydroxylation is 1. The van der Waals surface area contributed by atoms with E-state index < -0.39 is 23.4 Å². The number of nitriles is 1. The minimum atomic E-state index is -0.896. The first-order valence-corrected chi connectivity index (χ1v) is 27.0. The lowest BCUT2D eigenvalue weighted by molar-refractivity contribution is -0.150. The number of nitrogens with zero attached hydrogens (tertiary/aromatic N) is 6. The molecule has 9 rings (SSSR count). The summed E-state index contributed by atoms with van der Waals surface area (Å²) in [6, 6.07) is 29.7. The Morgan fingerprint density at radius 2 is 1.70 bits per heavy atom. The maximum absolute atomic E-state index is 14.6. The molecule has 2 saturated carbocycles. The summed E-state index contributed by atoms with van der Waals surface area (Å²) in [6.07, 6.45) is 11.7. The predicted molar refractivity (Wildman–Crippen MR) is 297 cm³/mol. The van der Waals surface area contributed by atoms with Crippen LogP contribution in [0, 0.1) is 35.0 Å². The summed E-state index contributed by atoms with van der Waals surface area (Å²) in [7, 11) is 0. The molecule has 1 aliphatic heterocycles. The predicted octanol–water partition coefficient (Wildman–Crippen LogP) is 8.31. The second-order valence-electron chi connectivity index (χ2n) is 21.4. The number of nitrogens with one attached hydrogen (secondary N) is 4. The molecule has 6 N–H and O–H groups in total. The van der Waals surface area contributed by atoms with Crippen LogP contribution in [0.5, 0.6) is 0 Å². The monoisotopic (exact) mass is 1040 g/mol. The highest BCUT2D eigenvalue weighted by atomic mass is 32.1. The Morgan fingerprint density at radius 1 is 0.961 bits per heavy atom. The number of benzene rings is 3. The molecule has 76 heavy (non-hydrogen) atoms. The number of allylic oxidation sites excluding steroid dienone is 2. The van der Waals surface area contributed by atoms with E-state index >= 15 is 0 Å². The van der Waals surface area contributed by atoms with Gasteiger partial charge >= 0.3 is 6.03 Å². The van der Waals surface area contributed by atoms with Crippen molar-refractivity contribution in [1.82, 2.24) is 30.8 Å². The SMILES string of the molecule is Cc1ncsc1-c1ccc(CNC(=O)[C@@H]2CC34CC3=CC4CN2C(=O)[C@@H](NC(=O)COCCN=CC(=CN)c2ccc(N(C(=O)NCc3ccccc3)C3CCC(Nc4ccc(C#N)cn4)CC3)cc2)C(C)(C)C)cc1. The van der Waals surface area contributed by atoms with Gasteiger partial charge in [-0.15, -0.1) is 11.3 Å². The van der Waals surface area contributed by atoms with E-state index in [1.54, 1.807) is 34.7 Å². The lowest BCUT2D eigenvalue weighted by Crippen LogP contribution is -2.63. The molecule has 1 saturated heterocycles. The van der Waals surface area contributed by atoms with E-state index in [4.69, 9.17) is 15.7 Å². The van der Waals surface area contributed by atoms with Crippen molar-refractivity contribution in [3.8, 4) is 16.5 Å². The van der Waals surface area contributed by atoms with Crippen LogP contribution >= 0.6 is 11.3 Å². The van der Waals surface area contributed by atoms with Crippen LogP contribution in [0.3, 0.4) is 0 Å². The van der Waals surface area contributed by atoms with Gasteiger partial charge in [0.05, 0.1) is 34.8 Å². The first kappa shape index (κ1) is 53.2. The zero-order chi connectivity index (χ0) is 53.4. The van der Waals surface area contributed by atoms with Crippen LogP contribution in [0.2, 0.25) is 0 Å². The first-order chi connectivity index (χ1) is 36.7. The topological polar surface area (TPSA) is 220 Å². The second kappa shape index (κ2) is 23.5. The lowest BCUT2D eigenvalue weighted by Gasteiger charge is -2.47. The van der Waals surface area contributed by atoms with E-state index in [1.807, 2.05) is 123 Å². The third-order valence-electron chi connectivity index (χ3n) is 15.2. The molecule has 3 aromatic carbocycles. The van der Waals surface area contributed by atoms with E-state index in [0.29, 0.717) is 37.2 Å². The lowest BCUT2D eigenvalue weighted by atomic mass is 9.71. The van der Waals surface area contributed by atoms with Crippen LogP contribution in [-0.4, -0.2) is 95.3 Å². The van der Waals surface area contributed by atoms with Gasteiger partial charge in [-0.25, -0.2) is 14.8 Å². The van der Waals surface area contributed by atoms with Gasteiger partial charge < -0.3 is 36.6 Å². The molecule has 4 atom stereocenters. The number of nitrogens with two attached hydrogens (primary N) is 1. The molecule has 394 valence electrons. The molecule has 3 fully saturated rings. The molecule has 0 bridgehead atoms. The third-order valence-corrected chi connectivity index (χ3v) is 16.2. The fourth-order valence-electron chi connectivity index (χ4n) is 10.8. The molecule has 2 unspecified atom stereocenters. The van der Waals surface area contributed by atoms with Crippen LogP contribution in [0.1, 0.15) is 87.2 Å². The molecule has 5 aromatic rings. The van der Waals surface area contributed by atoms with Crippen molar-refractivity contribution in [3.63, 3.8) is 0 Å². The second-order valence-corrected chi connectivity index (χ2v) is 22.2. The summed E-state index contributed by atoms with van der Waals surface area (Å²) in [4.78, 5) is 74.0. The Balaban J connectivity index is 0.765. The van der Waals surface area contributed by atoms with Crippen LogP contribution in [0.15, 0.2) is 126 Å². The van der Waals surface area contributed by atoms with Crippen molar-refractivity contribution in [3.05, 3.63) is 148 Å². The van der Waals surface area contributed by atoms with Gasteiger partial charge in [0, 0.05) is 72.9 Å². The van der Waals surface area contributed by atoms with Gasteiger partial charge in [-0.3, -0.25) is 24.3 Å². The van der Waals surface area contributed by atoms with Gasteiger partial charge in [0.15, 0.2) is 0 Å². The van der Waals surface area contributed by atoms with E-state index in [1.165, 1.54) is 11.8 Å². The molecule has 16 nitrogen and oxygen atoms in total. The summed E-state index contributed by atoms with van der Waals surface area (Å²) in [6.45, 7) is 8.98. The fourth-order valence-corrected chi connectivity index (χ4v) is 11.6. The molecule has 4 aliphatic rings. The summed E-state index contributed by atoms with van der Waals surface area (Å²) in [5.41, 5.74) is 15.4. The van der Waals surface area contributed by atoms with Crippen molar-refractivity contribution in [2.24, 2.45) is 27.5 Å². The van der Waals surface area contributed by atoms with Gasteiger partial charge in [0.25, 0.3) is 0 Å². The normalized spacial score (nSPS) is 21.2. The first-order valence-electron chi connectivity index (χ1n) is 26.1. The minimum Gasteiger partial charge on any atom is -0.404 e. The number of piperidine rings is 1. The number of ether oxygens (including phenoxy) is 1. The number of carbonyl (C=O) groups excluding carboxylic acids is 4. The third kappa shape index (κ3) is 12.4. The zero-order valence-corrected chi connectivity index (χ0v) is 44.4. The number of thiazole rings is 1. The van der Waals surface area contributed by atoms with Gasteiger partial charge in [0.1, 0.15) is 30.6 Å². The Kier molecular flexibility index (Phi) is 16.4. The average molecular weight is 1040 g/mol. The summed E-state index contributed by atoms with van der Waals surface area (Å²) in [5.74, 6) is 0.00949. The molecule has 0 radical (unpaired) electrons. The van der Waals surface area contributed by atoms with Crippen molar-refractivity contribution in [2.45, 2.75) is 103 Å². The quantitative estimate of drug-likeness (QED) is 0.0303. The number of anilines is 2. The number of rotatable bonds is 19. The number of likely N-dealkylation sites (tertiary alicyclic amines) is 1. The highest BCUT2D eigenvalue weighted by Crippen LogP contribution is 2.70. The highest BCUT2D eigenvalue weighted by molar-refractivity contribution is 7.13. The van der Waals surface area contributed by atoms with Crippen LogP contribution in [0.25, 0.3) is 16.0 Å². The Bertz CT molecular complexity index is 3010. The van der Waals surface area contributed by atoms with Crippen LogP contribution < -0.4 is 31.9 Å². The summed E-state index contributed by atoms with van der Waals surface area (Å²) in [5, 5.41) is 21.8. The maximum atomic E-state index is 14.6. The van der Waals surface area contributed by atoms with Crippen molar-refractivity contribution < 1.29 is 23.9 Å². The number of hydrogen-bond acceptors (Lipinski definition) is 12. The highest BCUT2D eigenvalue weighted by Gasteiger charge is 2.65. The molecular weight excluding hydrogens is 975 g/mol. The van der Waals surface area contributed by atoms with Crippen LogP contribution in [0.4, 0.5) is 16.3 Å². The number of aliphatic imine (C=N–C) groups is 1. The molecule has 1 spiro atoms. The molecule has 3 aliphatic carbocycles. The van der Waals surface area contributed by atoms with Crippen molar-refractivity contribution in [2.75, 3.05) is 36.5 Å². The van der Waals surface area contributed by atoms with Crippen molar-refractivity contribution in [1.29, 1.82) is 5.26 Å². The van der Waals surface area contributed by atoms with Gasteiger partial charge in [-0.2, -0.15) is 5.26 Å². The van der Waals surface area contributed by atoms with Crippen LogP contribution in [-0.2, 0) is 32.2 Å². The largest absolute Gasteiger partial charge is 0.404 e. The minimum absolute atomic E-state index is 0.00696. The zero-order valence-electron chi connectivity index (χ0n) is 43.6. The Morgan fingerprint density at radius 3 is 2.34 bits per heavy atom. The molecule has 17 heteroatoms. The van der Waals surface area contributed by atoms with E-state index in [9.17, 15) is 19.2 Å². The fraction of sp³-hybridized carbons (Fsp3) is 0.390. The Labute approximate surface area is 448 Å². The Hall–Kier alpha value is -7.68. The standard InChI is InChI=1S/C59H67N11O5S/c1-38-53(76-37-66-38)43-13-10-40(11-14-43)31-64-55(72)50-28-59-27-45(59)26-46(59)35-69(50)56(73)54(58(2,3)4)68-52(71)36-75-25-24-62-34-44(30-61)42-15-19-48(20-16-42)70(57(74)65-32-39-8-6-5-7-9-39)49-21-17-47(18-22-49)67-51-23-12-41(29-60)33-63-51/h5-16,19-20,23,26,30,33-34,37,46-47,49-50,54H,17-18,21-22,24-25,27-28,31-32,35-36,61H2,1-4H3,(H,63,67)(H,64,72)(H,65,74)(H,68,71)/t46?,47?,49?,50-,54+,59?/m0/s1. The number of carbonyl (C=O) groups is 4. The number of aromatic nitrogens is 2. The van der Waals surface area contributed by atoms with Gasteiger partial charge in [-0.05, 0) is 97.4 Å². The molecular formula is C59H67N11O5S. The molecule has 5 amide bonds. The average Bonchev–Trinajstić information content (AvgIpc) is 3.88. The number of amides is 5. The maximum Gasteiger partial charge on any atom is 0.322 e. The number of pyridine rings is 1. The van der Waals surface area contributed by atoms with E-state index in [0.717, 1.165) is 76.4 Å². The smallest absolute Gasteiger partial charge is 0.322 e. The number of hydrogen-bond donors (Lipinski definition) is 5. The summed E-state index contributed by atoms with van der Waals surface area (Å²) >= 11 is 1.60. The van der Waals surface area contributed by atoms with Gasteiger partial charge in [0.2, 0.25) is 17.7 Å². The number of urea groups is 1. The van der Waals surface area contributed by atoms with Gasteiger partial charge in [-0.1, -0.05) is 99.2 Å². The molecule has 3 heterocycles.